The molecule has 0 fully saturated rings. The zero-order chi connectivity index (χ0) is 15.5. The maximum Gasteiger partial charge on any atom is 0.188 e. The van der Waals surface area contributed by atoms with Crippen LogP contribution in [0.25, 0.3) is 0 Å². The molecule has 0 saturated heterocycles. The van der Waals surface area contributed by atoms with E-state index in [4.69, 9.17) is 5.73 Å². The molecule has 0 aliphatic heterocycles. The Bertz CT molecular complexity index is 404. The Morgan fingerprint density at radius 3 is 2.36 bits per heavy atom. The summed E-state index contributed by atoms with van der Waals surface area (Å²) in [6, 6.07) is 10.8. The van der Waals surface area contributed by atoms with Crippen molar-refractivity contribution in [3.05, 3.63) is 35.9 Å². The minimum atomic E-state index is 0. The summed E-state index contributed by atoms with van der Waals surface area (Å²) in [5.41, 5.74) is 7.24. The van der Waals surface area contributed by atoms with Gasteiger partial charge < -0.3 is 11.1 Å². The third-order valence-electron chi connectivity index (χ3n) is 3.71. The molecule has 126 valence electrons. The Morgan fingerprint density at radius 2 is 1.82 bits per heavy atom. The molecule has 22 heavy (non-hydrogen) atoms. The summed E-state index contributed by atoms with van der Waals surface area (Å²) in [5.74, 6) is 0.552. The van der Waals surface area contributed by atoms with Crippen molar-refractivity contribution in [3.63, 3.8) is 0 Å². The van der Waals surface area contributed by atoms with Gasteiger partial charge in [-0.2, -0.15) is 0 Å². The van der Waals surface area contributed by atoms with Gasteiger partial charge in [0, 0.05) is 6.54 Å². The molecule has 0 saturated carbocycles. The van der Waals surface area contributed by atoms with E-state index >= 15 is 0 Å². The number of nitrogens with one attached hydrogen (secondary N) is 1. The molecular weight excluding hydrogens is 387 g/mol. The summed E-state index contributed by atoms with van der Waals surface area (Å²) in [5, 5.41) is 3.17. The maximum absolute atomic E-state index is 5.94. The third kappa shape index (κ3) is 7.45. The highest BCUT2D eigenvalue weighted by atomic mass is 127. The molecule has 0 aromatic heterocycles. The molecule has 1 atom stereocenters. The molecule has 4 nitrogen and oxygen atoms in total. The lowest BCUT2D eigenvalue weighted by Gasteiger charge is -2.29. The van der Waals surface area contributed by atoms with E-state index in [1.165, 1.54) is 5.56 Å². The lowest BCUT2D eigenvalue weighted by molar-refractivity contribution is 0.224. The molecule has 5 heteroatoms. The molecule has 1 aromatic carbocycles. The quantitative estimate of drug-likeness (QED) is 0.280. The van der Waals surface area contributed by atoms with E-state index in [2.05, 4.69) is 60.2 Å². The van der Waals surface area contributed by atoms with Crippen molar-refractivity contribution < 1.29 is 0 Å². The van der Waals surface area contributed by atoms with Crippen molar-refractivity contribution in [1.29, 1.82) is 0 Å². The van der Waals surface area contributed by atoms with Crippen LogP contribution < -0.4 is 11.1 Å². The number of halogens is 1. The molecule has 3 N–H and O–H groups in total. The minimum Gasteiger partial charge on any atom is -0.370 e. The van der Waals surface area contributed by atoms with Crippen LogP contribution in [0.5, 0.6) is 0 Å². The highest BCUT2D eigenvalue weighted by molar-refractivity contribution is 14.0. The van der Waals surface area contributed by atoms with Crippen LogP contribution in [0.15, 0.2) is 35.3 Å². The van der Waals surface area contributed by atoms with Crippen LogP contribution in [0, 0.1) is 0 Å². The van der Waals surface area contributed by atoms with Crippen LogP contribution in [0.3, 0.4) is 0 Å². The number of unbranched alkanes of at least 4 members (excludes halogenated alkanes) is 1. The molecule has 1 unspecified atom stereocenters. The fourth-order valence-corrected chi connectivity index (χ4v) is 2.41. The maximum atomic E-state index is 5.94. The van der Waals surface area contributed by atoms with E-state index in [1.807, 2.05) is 6.07 Å². The first-order chi connectivity index (χ1) is 10.2. The second-order valence-electron chi connectivity index (χ2n) is 5.15. The standard InChI is InChI=1S/C17H30N4.HI/c1-4-7-13-19-17(18)20-14-16(21(5-2)6-3)15-11-9-8-10-12-15;/h8-12,16H,4-7,13-14H2,1-3H3,(H3,18,19,20);1H. The van der Waals surface area contributed by atoms with Crippen LogP contribution in [0.1, 0.15) is 45.2 Å². The van der Waals surface area contributed by atoms with Crippen LogP contribution in [-0.4, -0.2) is 37.0 Å². The SMILES string of the molecule is CCCCNC(N)=NCC(c1ccccc1)N(CC)CC.I. The summed E-state index contributed by atoms with van der Waals surface area (Å²) < 4.78 is 0. The van der Waals surface area contributed by atoms with E-state index in [1.54, 1.807) is 0 Å². The molecule has 1 aromatic rings. The summed E-state index contributed by atoms with van der Waals surface area (Å²) in [7, 11) is 0. The number of nitrogens with two attached hydrogens (primary N) is 1. The average Bonchev–Trinajstić information content (AvgIpc) is 2.52. The predicted octanol–water partition coefficient (Wildman–Crippen LogP) is 3.39. The molecule has 0 aliphatic carbocycles. The van der Waals surface area contributed by atoms with Gasteiger partial charge in [-0.1, -0.05) is 57.5 Å². The van der Waals surface area contributed by atoms with Crippen molar-refractivity contribution in [2.75, 3.05) is 26.2 Å². The first-order valence-corrected chi connectivity index (χ1v) is 8.05. The second-order valence-corrected chi connectivity index (χ2v) is 5.15. The van der Waals surface area contributed by atoms with Gasteiger partial charge in [0.2, 0.25) is 0 Å². The number of aliphatic imine (C=N–C) groups is 1. The lowest BCUT2D eigenvalue weighted by Crippen LogP contribution is -2.35. The van der Waals surface area contributed by atoms with E-state index in [0.29, 0.717) is 12.5 Å². The number of nitrogens with zero attached hydrogens (tertiary/aromatic N) is 2. The van der Waals surface area contributed by atoms with Gasteiger partial charge in [0.05, 0.1) is 12.6 Å². The van der Waals surface area contributed by atoms with Crippen LogP contribution >= 0.6 is 24.0 Å². The Morgan fingerprint density at radius 1 is 1.18 bits per heavy atom. The Hall–Kier alpha value is -0.820. The summed E-state index contributed by atoms with van der Waals surface area (Å²) in [4.78, 5) is 6.95. The Kier molecular flexibility index (Phi) is 12.2. The van der Waals surface area contributed by atoms with Gasteiger partial charge in [-0.15, -0.1) is 24.0 Å². The lowest BCUT2D eigenvalue weighted by atomic mass is 10.1. The van der Waals surface area contributed by atoms with Crippen molar-refractivity contribution in [3.8, 4) is 0 Å². The Balaban J connectivity index is 0.00000441. The normalized spacial score (nSPS) is 12.8. The largest absolute Gasteiger partial charge is 0.370 e. The van der Waals surface area contributed by atoms with Crippen molar-refractivity contribution in [2.45, 2.75) is 39.7 Å². The molecule has 0 amide bonds. The molecule has 0 heterocycles. The summed E-state index contributed by atoms with van der Waals surface area (Å²) in [6.45, 7) is 10.1. The third-order valence-corrected chi connectivity index (χ3v) is 3.71. The van der Waals surface area contributed by atoms with Gasteiger partial charge in [0.1, 0.15) is 0 Å². The van der Waals surface area contributed by atoms with Gasteiger partial charge in [-0.25, -0.2) is 0 Å². The smallest absolute Gasteiger partial charge is 0.188 e. The van der Waals surface area contributed by atoms with E-state index in [-0.39, 0.29) is 30.0 Å². The van der Waals surface area contributed by atoms with Gasteiger partial charge >= 0.3 is 0 Å². The fraction of sp³-hybridized carbons (Fsp3) is 0.588. The monoisotopic (exact) mass is 418 g/mol. The molecule has 0 aliphatic rings. The topological polar surface area (TPSA) is 53.6 Å². The molecule has 0 radical (unpaired) electrons. The first-order valence-electron chi connectivity index (χ1n) is 8.05. The minimum absolute atomic E-state index is 0. The van der Waals surface area contributed by atoms with E-state index < -0.39 is 0 Å². The predicted molar refractivity (Wildman–Crippen MR) is 107 cm³/mol. The van der Waals surface area contributed by atoms with Crippen LogP contribution in [0.4, 0.5) is 0 Å². The zero-order valence-corrected chi connectivity index (χ0v) is 16.4. The summed E-state index contributed by atoms with van der Waals surface area (Å²) in [6.07, 6.45) is 2.28. The van der Waals surface area contributed by atoms with Gasteiger partial charge in [-0.3, -0.25) is 9.89 Å². The molecule has 1 rings (SSSR count). The molecule has 0 bridgehead atoms. The van der Waals surface area contributed by atoms with Crippen molar-refractivity contribution in [2.24, 2.45) is 10.7 Å². The average molecular weight is 418 g/mol. The number of hydrogen-bond acceptors (Lipinski definition) is 2. The number of likely N-dealkylation sites (N-methyl/N-ethyl adjacent to an activating group) is 1. The summed E-state index contributed by atoms with van der Waals surface area (Å²) >= 11 is 0. The highest BCUT2D eigenvalue weighted by Crippen LogP contribution is 2.20. The van der Waals surface area contributed by atoms with Crippen molar-refractivity contribution >= 4 is 29.9 Å². The Labute approximate surface area is 152 Å². The van der Waals surface area contributed by atoms with Crippen LogP contribution in [-0.2, 0) is 0 Å². The number of guanidine groups is 1. The first kappa shape index (κ1) is 21.2. The molecular formula is C17H31IN4. The van der Waals surface area contributed by atoms with Crippen molar-refractivity contribution in [1.82, 2.24) is 10.2 Å². The van der Waals surface area contributed by atoms with Gasteiger partial charge in [-0.05, 0) is 25.1 Å². The van der Waals surface area contributed by atoms with Crippen LogP contribution in [0.2, 0.25) is 0 Å². The number of hydrogen-bond donors (Lipinski definition) is 2. The highest BCUT2D eigenvalue weighted by Gasteiger charge is 2.17. The number of rotatable bonds is 9. The molecule has 0 spiro atoms. The number of benzene rings is 1. The van der Waals surface area contributed by atoms with Gasteiger partial charge in [0.15, 0.2) is 5.96 Å². The van der Waals surface area contributed by atoms with E-state index in [9.17, 15) is 0 Å². The van der Waals surface area contributed by atoms with Gasteiger partial charge in [0.25, 0.3) is 0 Å². The van der Waals surface area contributed by atoms with E-state index in [0.717, 1.165) is 32.5 Å². The second kappa shape index (κ2) is 12.7. The fourth-order valence-electron chi connectivity index (χ4n) is 2.41. The zero-order valence-electron chi connectivity index (χ0n) is 14.1.